The average molecular weight is 243 g/mol. The van der Waals surface area contributed by atoms with Crippen LogP contribution in [0.15, 0.2) is 41.4 Å². The molecule has 0 fully saturated rings. The van der Waals surface area contributed by atoms with Gasteiger partial charge in [-0.25, -0.2) is 4.39 Å². The van der Waals surface area contributed by atoms with Crippen molar-refractivity contribution < 1.29 is 9.50 Å². The first-order chi connectivity index (χ1) is 8.56. The summed E-state index contributed by atoms with van der Waals surface area (Å²) in [4.78, 5) is 4.20. The third kappa shape index (κ3) is 2.74. The first kappa shape index (κ1) is 12.3. The van der Waals surface area contributed by atoms with Crippen molar-refractivity contribution in [1.82, 2.24) is 0 Å². The van der Waals surface area contributed by atoms with Gasteiger partial charge < -0.3 is 5.11 Å². The molecule has 0 unspecified atom stereocenters. The molecule has 92 valence electrons. The molecule has 0 saturated carbocycles. The summed E-state index contributed by atoms with van der Waals surface area (Å²) in [7, 11) is 0. The van der Waals surface area contributed by atoms with Crippen LogP contribution in [-0.2, 0) is 0 Å². The lowest BCUT2D eigenvalue weighted by Gasteiger charge is -2.04. The van der Waals surface area contributed by atoms with Crippen molar-refractivity contribution >= 4 is 11.9 Å². The number of hydrogen-bond donors (Lipinski definition) is 1. The molecule has 0 heterocycles. The summed E-state index contributed by atoms with van der Waals surface area (Å²) in [6.45, 7) is 3.67. The SMILES string of the molecule is Cc1cc(C=Nc2cccc(F)c2)cc(C)c1O. The van der Waals surface area contributed by atoms with Crippen LogP contribution in [0.2, 0.25) is 0 Å². The van der Waals surface area contributed by atoms with Gasteiger partial charge in [-0.15, -0.1) is 0 Å². The summed E-state index contributed by atoms with van der Waals surface area (Å²) in [5.41, 5.74) is 3.05. The fraction of sp³-hybridized carbons (Fsp3) is 0.133. The van der Waals surface area contributed by atoms with Crippen LogP contribution in [0.25, 0.3) is 0 Å². The van der Waals surface area contributed by atoms with Crippen molar-refractivity contribution in [1.29, 1.82) is 0 Å². The summed E-state index contributed by atoms with van der Waals surface area (Å²) >= 11 is 0. The maximum absolute atomic E-state index is 13.0. The number of benzene rings is 2. The van der Waals surface area contributed by atoms with Crippen LogP contribution in [0.5, 0.6) is 5.75 Å². The van der Waals surface area contributed by atoms with Gasteiger partial charge in [-0.05, 0) is 60.9 Å². The van der Waals surface area contributed by atoms with Crippen LogP contribution < -0.4 is 0 Å². The molecule has 0 aromatic heterocycles. The van der Waals surface area contributed by atoms with Crippen molar-refractivity contribution in [3.8, 4) is 5.75 Å². The van der Waals surface area contributed by atoms with Gasteiger partial charge in [-0.3, -0.25) is 4.99 Å². The summed E-state index contributed by atoms with van der Waals surface area (Å²) in [6.07, 6.45) is 1.66. The second-order valence-corrected chi connectivity index (χ2v) is 4.24. The molecule has 0 aliphatic carbocycles. The van der Waals surface area contributed by atoms with Crippen LogP contribution >= 0.6 is 0 Å². The van der Waals surface area contributed by atoms with E-state index in [1.54, 1.807) is 18.3 Å². The van der Waals surface area contributed by atoms with Gasteiger partial charge in [0.1, 0.15) is 11.6 Å². The minimum absolute atomic E-state index is 0.303. The maximum Gasteiger partial charge on any atom is 0.125 e. The van der Waals surface area contributed by atoms with Gasteiger partial charge in [0.15, 0.2) is 0 Å². The highest BCUT2D eigenvalue weighted by atomic mass is 19.1. The molecular weight excluding hydrogens is 229 g/mol. The van der Waals surface area contributed by atoms with Crippen molar-refractivity contribution in [3.63, 3.8) is 0 Å². The summed E-state index contributed by atoms with van der Waals surface area (Å²) in [6, 6.07) is 9.79. The van der Waals surface area contributed by atoms with E-state index in [-0.39, 0.29) is 5.82 Å². The van der Waals surface area contributed by atoms with Crippen LogP contribution in [0.1, 0.15) is 16.7 Å². The second-order valence-electron chi connectivity index (χ2n) is 4.24. The molecule has 3 heteroatoms. The van der Waals surface area contributed by atoms with Crippen LogP contribution in [0, 0.1) is 19.7 Å². The van der Waals surface area contributed by atoms with Crippen molar-refractivity contribution in [2.24, 2.45) is 4.99 Å². The standard InChI is InChI=1S/C15H14FNO/c1-10-6-12(7-11(2)15(10)18)9-17-14-5-3-4-13(16)8-14/h3-9,18H,1-2H3. The van der Waals surface area contributed by atoms with E-state index in [2.05, 4.69) is 4.99 Å². The Morgan fingerprint density at radius 3 is 2.39 bits per heavy atom. The van der Waals surface area contributed by atoms with Crippen molar-refractivity contribution in [3.05, 3.63) is 58.9 Å². The van der Waals surface area contributed by atoms with Crippen molar-refractivity contribution in [2.45, 2.75) is 13.8 Å². The molecule has 0 aliphatic rings. The summed E-state index contributed by atoms with van der Waals surface area (Å²) < 4.78 is 13.0. The molecule has 0 amide bonds. The van der Waals surface area contributed by atoms with Crippen LogP contribution in [0.3, 0.4) is 0 Å². The highest BCUT2D eigenvalue weighted by molar-refractivity contribution is 5.83. The van der Waals surface area contributed by atoms with Gasteiger partial charge in [0.2, 0.25) is 0 Å². The number of phenolic OH excluding ortho intramolecular Hbond substituents is 1. The smallest absolute Gasteiger partial charge is 0.125 e. The number of aliphatic imine (C=N–C) groups is 1. The molecule has 0 spiro atoms. The Kier molecular flexibility index (Phi) is 3.42. The first-order valence-corrected chi connectivity index (χ1v) is 5.66. The molecule has 18 heavy (non-hydrogen) atoms. The van der Waals surface area contributed by atoms with Gasteiger partial charge in [0, 0.05) is 6.21 Å². The lowest BCUT2D eigenvalue weighted by Crippen LogP contribution is -1.87. The summed E-state index contributed by atoms with van der Waals surface area (Å²) in [5.74, 6) is 0.000577. The van der Waals surface area contributed by atoms with E-state index in [9.17, 15) is 9.50 Å². The summed E-state index contributed by atoms with van der Waals surface area (Å²) in [5, 5.41) is 9.66. The Labute approximate surface area is 105 Å². The predicted molar refractivity (Wildman–Crippen MR) is 71.2 cm³/mol. The molecule has 0 atom stereocenters. The van der Waals surface area contributed by atoms with E-state index in [1.807, 2.05) is 26.0 Å². The third-order valence-corrected chi connectivity index (χ3v) is 2.68. The Balaban J connectivity index is 2.29. The third-order valence-electron chi connectivity index (χ3n) is 2.68. The second kappa shape index (κ2) is 5.00. The molecule has 0 radical (unpaired) electrons. The molecule has 2 nitrogen and oxygen atoms in total. The Hall–Kier alpha value is -2.16. The van der Waals surface area contributed by atoms with Crippen LogP contribution in [0.4, 0.5) is 10.1 Å². The zero-order chi connectivity index (χ0) is 13.1. The topological polar surface area (TPSA) is 32.6 Å². The number of aromatic hydroxyl groups is 1. The zero-order valence-electron chi connectivity index (χ0n) is 10.3. The molecule has 0 bridgehead atoms. The lowest BCUT2D eigenvalue weighted by molar-refractivity contribution is 0.467. The molecule has 2 rings (SSSR count). The first-order valence-electron chi connectivity index (χ1n) is 5.66. The lowest BCUT2D eigenvalue weighted by atomic mass is 10.1. The average Bonchev–Trinajstić information content (AvgIpc) is 2.33. The molecular formula is C15H14FNO. The van der Waals surface area contributed by atoms with E-state index in [0.29, 0.717) is 11.4 Å². The monoisotopic (exact) mass is 243 g/mol. The highest BCUT2D eigenvalue weighted by Gasteiger charge is 2.01. The van der Waals surface area contributed by atoms with E-state index in [1.165, 1.54) is 12.1 Å². The molecule has 1 N–H and O–H groups in total. The van der Waals surface area contributed by atoms with Crippen molar-refractivity contribution in [2.75, 3.05) is 0 Å². The predicted octanol–water partition coefficient (Wildman–Crippen LogP) is 3.90. The molecule has 0 saturated heterocycles. The maximum atomic E-state index is 13.0. The fourth-order valence-corrected chi connectivity index (χ4v) is 1.77. The molecule has 2 aromatic carbocycles. The van der Waals surface area contributed by atoms with E-state index < -0.39 is 0 Å². The van der Waals surface area contributed by atoms with Crippen LogP contribution in [-0.4, -0.2) is 11.3 Å². The molecule has 2 aromatic rings. The van der Waals surface area contributed by atoms with Gasteiger partial charge in [0.05, 0.1) is 5.69 Å². The van der Waals surface area contributed by atoms with Gasteiger partial charge in [0.25, 0.3) is 0 Å². The largest absolute Gasteiger partial charge is 0.507 e. The normalized spacial score (nSPS) is 11.1. The minimum Gasteiger partial charge on any atom is -0.507 e. The Morgan fingerprint density at radius 1 is 1.11 bits per heavy atom. The quantitative estimate of drug-likeness (QED) is 0.797. The fourth-order valence-electron chi connectivity index (χ4n) is 1.77. The van der Waals surface area contributed by atoms with E-state index in [4.69, 9.17) is 0 Å². The number of nitrogens with zero attached hydrogens (tertiary/aromatic N) is 1. The van der Waals surface area contributed by atoms with Gasteiger partial charge in [-0.1, -0.05) is 6.07 Å². The number of rotatable bonds is 2. The van der Waals surface area contributed by atoms with Gasteiger partial charge in [-0.2, -0.15) is 0 Å². The number of hydrogen-bond acceptors (Lipinski definition) is 2. The minimum atomic E-state index is -0.303. The zero-order valence-corrected chi connectivity index (χ0v) is 10.3. The Morgan fingerprint density at radius 2 is 1.78 bits per heavy atom. The number of halogens is 1. The van der Waals surface area contributed by atoms with Gasteiger partial charge >= 0.3 is 0 Å². The van der Waals surface area contributed by atoms with E-state index in [0.717, 1.165) is 16.7 Å². The Bertz CT molecular complexity index is 582. The molecule has 0 aliphatic heterocycles. The highest BCUT2D eigenvalue weighted by Crippen LogP contribution is 2.22. The van der Waals surface area contributed by atoms with E-state index >= 15 is 0 Å². The number of phenols is 1. The number of aryl methyl sites for hydroxylation is 2.